The summed E-state index contributed by atoms with van der Waals surface area (Å²) in [5.74, 6) is 0.540. The van der Waals surface area contributed by atoms with Crippen molar-refractivity contribution >= 4 is 5.82 Å². The Labute approximate surface area is 101 Å². The van der Waals surface area contributed by atoms with Gasteiger partial charge in [0.05, 0.1) is 11.4 Å². The van der Waals surface area contributed by atoms with Crippen LogP contribution in [0.3, 0.4) is 0 Å². The molecule has 2 rings (SSSR count). The van der Waals surface area contributed by atoms with Crippen LogP contribution in [-0.4, -0.2) is 15.0 Å². The maximum absolute atomic E-state index is 5.86. The molecule has 0 radical (unpaired) electrons. The molecular formula is C13H18N4. The zero-order valence-electron chi connectivity index (χ0n) is 10.3. The predicted molar refractivity (Wildman–Crippen MR) is 69.1 cm³/mol. The topological polar surface area (TPSA) is 56.7 Å². The van der Waals surface area contributed by atoms with Gasteiger partial charge in [-0.25, -0.2) is 4.68 Å². The molecule has 17 heavy (non-hydrogen) atoms. The highest BCUT2D eigenvalue weighted by molar-refractivity contribution is 5.45. The number of hydrogen-bond donors (Lipinski definition) is 1. The summed E-state index contributed by atoms with van der Waals surface area (Å²) in [6.45, 7) is 4.26. The van der Waals surface area contributed by atoms with Crippen molar-refractivity contribution < 1.29 is 0 Å². The fourth-order valence-electron chi connectivity index (χ4n) is 1.99. The summed E-state index contributed by atoms with van der Waals surface area (Å²) in [5.41, 5.74) is 9.21. The molecule has 0 aliphatic heterocycles. The number of para-hydroxylation sites is 1. The molecule has 0 bridgehead atoms. The zero-order chi connectivity index (χ0) is 12.3. The summed E-state index contributed by atoms with van der Waals surface area (Å²) in [7, 11) is 0. The SMILES string of the molecule is CCCc1c(N)nnn1-c1ccccc1CC. The Morgan fingerprint density at radius 2 is 2.00 bits per heavy atom. The standard InChI is InChI=1S/C13H18N4/c1-3-7-12-13(14)15-16-17(12)11-9-6-5-8-10(11)4-2/h5-6,8-9H,3-4,7,14H2,1-2H3. The number of benzene rings is 1. The van der Waals surface area contributed by atoms with Gasteiger partial charge in [-0.3, -0.25) is 0 Å². The van der Waals surface area contributed by atoms with Crippen LogP contribution < -0.4 is 5.73 Å². The molecule has 90 valence electrons. The van der Waals surface area contributed by atoms with Crippen molar-refractivity contribution in [3.63, 3.8) is 0 Å². The number of aromatic nitrogens is 3. The van der Waals surface area contributed by atoms with Gasteiger partial charge in [-0.2, -0.15) is 0 Å². The van der Waals surface area contributed by atoms with E-state index in [0.717, 1.165) is 30.6 Å². The Bertz CT molecular complexity index is 502. The van der Waals surface area contributed by atoms with Gasteiger partial charge in [0, 0.05) is 0 Å². The number of anilines is 1. The normalized spacial score (nSPS) is 10.7. The lowest BCUT2D eigenvalue weighted by Gasteiger charge is -2.10. The molecule has 0 saturated heterocycles. The molecule has 1 heterocycles. The van der Waals surface area contributed by atoms with E-state index in [1.54, 1.807) is 0 Å². The molecule has 0 saturated carbocycles. The minimum absolute atomic E-state index is 0.540. The number of hydrogen-bond acceptors (Lipinski definition) is 3. The molecular weight excluding hydrogens is 212 g/mol. The van der Waals surface area contributed by atoms with Crippen LogP contribution in [0.15, 0.2) is 24.3 Å². The minimum Gasteiger partial charge on any atom is -0.381 e. The van der Waals surface area contributed by atoms with Crippen LogP contribution in [0.4, 0.5) is 5.82 Å². The Morgan fingerprint density at radius 3 is 2.71 bits per heavy atom. The molecule has 0 aliphatic rings. The van der Waals surface area contributed by atoms with Crippen LogP contribution in [0.5, 0.6) is 0 Å². The van der Waals surface area contributed by atoms with Crippen molar-refractivity contribution in [1.29, 1.82) is 0 Å². The van der Waals surface area contributed by atoms with E-state index in [2.05, 4.69) is 36.3 Å². The third-order valence-corrected chi connectivity index (χ3v) is 2.88. The molecule has 4 heteroatoms. The monoisotopic (exact) mass is 230 g/mol. The summed E-state index contributed by atoms with van der Waals surface area (Å²) < 4.78 is 1.87. The van der Waals surface area contributed by atoms with Crippen LogP contribution in [0.2, 0.25) is 0 Å². The molecule has 1 aromatic heterocycles. The first-order valence-corrected chi connectivity index (χ1v) is 6.06. The molecule has 4 nitrogen and oxygen atoms in total. The van der Waals surface area contributed by atoms with Gasteiger partial charge in [-0.1, -0.05) is 43.7 Å². The maximum atomic E-state index is 5.86. The van der Waals surface area contributed by atoms with E-state index in [4.69, 9.17) is 5.73 Å². The van der Waals surface area contributed by atoms with E-state index in [1.807, 2.05) is 16.8 Å². The van der Waals surface area contributed by atoms with Crippen LogP contribution in [0.1, 0.15) is 31.5 Å². The van der Waals surface area contributed by atoms with Gasteiger partial charge in [0.1, 0.15) is 0 Å². The minimum atomic E-state index is 0.540. The highest BCUT2D eigenvalue weighted by Crippen LogP contribution is 2.19. The largest absolute Gasteiger partial charge is 0.381 e. The Balaban J connectivity index is 2.52. The molecule has 0 amide bonds. The number of nitrogens with two attached hydrogens (primary N) is 1. The fourth-order valence-corrected chi connectivity index (χ4v) is 1.99. The molecule has 1 aromatic carbocycles. The summed E-state index contributed by atoms with van der Waals surface area (Å²) in [6.07, 6.45) is 2.91. The molecule has 0 unspecified atom stereocenters. The van der Waals surface area contributed by atoms with Crippen molar-refractivity contribution in [3.05, 3.63) is 35.5 Å². The number of nitrogen functional groups attached to an aromatic ring is 1. The number of nitrogens with zero attached hydrogens (tertiary/aromatic N) is 3. The number of aryl methyl sites for hydroxylation is 1. The molecule has 0 atom stereocenters. The summed E-state index contributed by atoms with van der Waals surface area (Å²) >= 11 is 0. The summed E-state index contributed by atoms with van der Waals surface area (Å²) in [5, 5.41) is 8.13. The third-order valence-electron chi connectivity index (χ3n) is 2.88. The highest BCUT2D eigenvalue weighted by atomic mass is 15.4. The average Bonchev–Trinajstić information content (AvgIpc) is 2.72. The molecule has 2 aromatic rings. The smallest absolute Gasteiger partial charge is 0.169 e. The lowest BCUT2D eigenvalue weighted by molar-refractivity contribution is 0.739. The van der Waals surface area contributed by atoms with E-state index >= 15 is 0 Å². The van der Waals surface area contributed by atoms with Crippen molar-refractivity contribution in [2.24, 2.45) is 0 Å². The van der Waals surface area contributed by atoms with Gasteiger partial charge in [-0.15, -0.1) is 5.10 Å². The quantitative estimate of drug-likeness (QED) is 0.877. The Morgan fingerprint density at radius 1 is 1.24 bits per heavy atom. The maximum Gasteiger partial charge on any atom is 0.169 e. The summed E-state index contributed by atoms with van der Waals surface area (Å²) in [4.78, 5) is 0. The van der Waals surface area contributed by atoms with Gasteiger partial charge in [0.2, 0.25) is 0 Å². The van der Waals surface area contributed by atoms with E-state index in [1.165, 1.54) is 5.56 Å². The molecule has 0 aliphatic carbocycles. The first kappa shape index (κ1) is 11.6. The third kappa shape index (κ3) is 2.16. The number of rotatable bonds is 4. The van der Waals surface area contributed by atoms with E-state index in [9.17, 15) is 0 Å². The van der Waals surface area contributed by atoms with E-state index in [0.29, 0.717) is 5.82 Å². The van der Waals surface area contributed by atoms with E-state index in [-0.39, 0.29) is 0 Å². The lowest BCUT2D eigenvalue weighted by atomic mass is 10.1. The van der Waals surface area contributed by atoms with Crippen LogP contribution in [0, 0.1) is 0 Å². The Hall–Kier alpha value is -1.84. The zero-order valence-corrected chi connectivity index (χ0v) is 10.3. The molecule has 0 fully saturated rings. The first-order valence-electron chi connectivity index (χ1n) is 6.06. The predicted octanol–water partition coefficient (Wildman–Crippen LogP) is 2.36. The van der Waals surface area contributed by atoms with Crippen molar-refractivity contribution in [1.82, 2.24) is 15.0 Å². The second kappa shape index (κ2) is 4.99. The van der Waals surface area contributed by atoms with Gasteiger partial charge in [0.25, 0.3) is 0 Å². The van der Waals surface area contributed by atoms with Gasteiger partial charge >= 0.3 is 0 Å². The van der Waals surface area contributed by atoms with Crippen LogP contribution in [-0.2, 0) is 12.8 Å². The highest BCUT2D eigenvalue weighted by Gasteiger charge is 2.12. The first-order chi connectivity index (χ1) is 8.27. The van der Waals surface area contributed by atoms with Gasteiger partial charge < -0.3 is 5.73 Å². The lowest BCUT2D eigenvalue weighted by Crippen LogP contribution is -2.06. The van der Waals surface area contributed by atoms with E-state index < -0.39 is 0 Å². The Kier molecular flexibility index (Phi) is 3.42. The van der Waals surface area contributed by atoms with Crippen molar-refractivity contribution in [3.8, 4) is 5.69 Å². The second-order valence-corrected chi connectivity index (χ2v) is 4.07. The fraction of sp³-hybridized carbons (Fsp3) is 0.385. The average molecular weight is 230 g/mol. The van der Waals surface area contributed by atoms with Crippen LogP contribution >= 0.6 is 0 Å². The summed E-state index contributed by atoms with van der Waals surface area (Å²) in [6, 6.07) is 8.24. The van der Waals surface area contributed by atoms with Crippen LogP contribution in [0.25, 0.3) is 5.69 Å². The molecule has 0 spiro atoms. The van der Waals surface area contributed by atoms with Crippen molar-refractivity contribution in [2.45, 2.75) is 33.1 Å². The second-order valence-electron chi connectivity index (χ2n) is 4.07. The van der Waals surface area contributed by atoms with Gasteiger partial charge in [-0.05, 0) is 24.5 Å². The molecule has 2 N–H and O–H groups in total. The van der Waals surface area contributed by atoms with Crippen molar-refractivity contribution in [2.75, 3.05) is 5.73 Å². The van der Waals surface area contributed by atoms with Gasteiger partial charge in [0.15, 0.2) is 5.82 Å².